The van der Waals surface area contributed by atoms with Gasteiger partial charge in [-0.2, -0.15) is 0 Å². The third kappa shape index (κ3) is 3.89. The first-order chi connectivity index (χ1) is 13.1. The zero-order chi connectivity index (χ0) is 20.7. The smallest absolute Gasteiger partial charge is 0.410 e. The topological polar surface area (TPSA) is 55.8 Å². The van der Waals surface area contributed by atoms with Crippen molar-refractivity contribution in [2.24, 2.45) is 0 Å². The Morgan fingerprint density at radius 3 is 2.32 bits per heavy atom. The second kappa shape index (κ2) is 7.41. The van der Waals surface area contributed by atoms with E-state index in [1.165, 1.54) is 16.7 Å². The lowest BCUT2D eigenvalue weighted by atomic mass is 9.73. The molecule has 154 valence electrons. The van der Waals surface area contributed by atoms with Crippen LogP contribution in [0.15, 0.2) is 12.1 Å². The summed E-state index contributed by atoms with van der Waals surface area (Å²) in [6, 6.07) is 4.42. The molecule has 1 aromatic carbocycles. The summed E-state index contributed by atoms with van der Waals surface area (Å²) in [4.78, 5) is 26.9. The number of rotatable bonds is 2. The van der Waals surface area contributed by atoms with Crippen molar-refractivity contribution in [1.82, 2.24) is 4.90 Å². The third-order valence-electron chi connectivity index (χ3n) is 6.15. The standard InChI is InChI=1S/C23H33NO4/c1-7-27-20(25)18-14-23(19-13-16(3)15(2)12-17(18)19)8-10-24(11-9-23)21(26)28-22(4,5)6/h12-13,18H,7-11,14H2,1-6H3. The van der Waals surface area contributed by atoms with Crippen molar-refractivity contribution >= 4 is 12.1 Å². The zero-order valence-electron chi connectivity index (χ0n) is 18.1. The number of hydrogen-bond donors (Lipinski definition) is 0. The van der Waals surface area contributed by atoms with Gasteiger partial charge in [0.1, 0.15) is 5.60 Å². The van der Waals surface area contributed by atoms with Gasteiger partial charge >= 0.3 is 12.1 Å². The summed E-state index contributed by atoms with van der Waals surface area (Å²) in [5.41, 5.74) is 4.29. The van der Waals surface area contributed by atoms with E-state index in [9.17, 15) is 9.59 Å². The van der Waals surface area contributed by atoms with Crippen LogP contribution in [-0.2, 0) is 19.7 Å². The maximum absolute atomic E-state index is 12.7. The normalized spacial score (nSPS) is 20.8. The van der Waals surface area contributed by atoms with E-state index in [1.807, 2.05) is 27.7 Å². The molecule has 1 aromatic rings. The molecule has 0 N–H and O–H groups in total. The van der Waals surface area contributed by atoms with Crippen LogP contribution < -0.4 is 0 Å². The largest absolute Gasteiger partial charge is 0.466 e. The van der Waals surface area contributed by atoms with E-state index in [1.54, 1.807) is 4.90 Å². The lowest BCUT2D eigenvalue weighted by Gasteiger charge is -2.40. The minimum atomic E-state index is -0.490. The van der Waals surface area contributed by atoms with Crippen LogP contribution in [-0.4, -0.2) is 42.3 Å². The molecule has 1 atom stereocenters. The van der Waals surface area contributed by atoms with Gasteiger partial charge in [-0.25, -0.2) is 4.79 Å². The monoisotopic (exact) mass is 387 g/mol. The second-order valence-corrected chi connectivity index (χ2v) is 9.28. The van der Waals surface area contributed by atoms with Crippen molar-refractivity contribution in [3.05, 3.63) is 34.4 Å². The number of amides is 1. The molecular formula is C23H33NO4. The maximum Gasteiger partial charge on any atom is 0.410 e. The van der Waals surface area contributed by atoms with Crippen molar-refractivity contribution in [3.8, 4) is 0 Å². The number of piperidine rings is 1. The Morgan fingerprint density at radius 1 is 1.14 bits per heavy atom. The summed E-state index contributed by atoms with van der Waals surface area (Å²) >= 11 is 0. The number of carbonyl (C=O) groups is 2. The van der Waals surface area contributed by atoms with Crippen molar-refractivity contribution in [3.63, 3.8) is 0 Å². The Labute approximate surface area is 168 Å². The molecule has 3 rings (SSSR count). The molecule has 0 saturated carbocycles. The molecule has 5 nitrogen and oxygen atoms in total. The highest BCUT2D eigenvalue weighted by Gasteiger charge is 2.49. The summed E-state index contributed by atoms with van der Waals surface area (Å²) in [5.74, 6) is -0.333. The molecule has 1 fully saturated rings. The molecule has 1 aliphatic heterocycles. The van der Waals surface area contributed by atoms with Crippen LogP contribution in [0.1, 0.15) is 75.1 Å². The van der Waals surface area contributed by atoms with E-state index in [-0.39, 0.29) is 23.4 Å². The zero-order valence-corrected chi connectivity index (χ0v) is 18.1. The van der Waals surface area contributed by atoms with Crippen LogP contribution in [0.2, 0.25) is 0 Å². The minimum Gasteiger partial charge on any atom is -0.466 e. The third-order valence-corrected chi connectivity index (χ3v) is 6.15. The van der Waals surface area contributed by atoms with Gasteiger partial charge in [0.25, 0.3) is 0 Å². The molecule has 0 bridgehead atoms. The first-order valence-electron chi connectivity index (χ1n) is 10.3. The SMILES string of the molecule is CCOC(=O)C1CC2(CCN(C(=O)OC(C)(C)C)CC2)c2cc(C)c(C)cc21. The van der Waals surface area contributed by atoms with E-state index in [4.69, 9.17) is 9.47 Å². The number of hydrogen-bond acceptors (Lipinski definition) is 4. The predicted molar refractivity (Wildman–Crippen MR) is 109 cm³/mol. The highest BCUT2D eigenvalue weighted by atomic mass is 16.6. The number of esters is 1. The van der Waals surface area contributed by atoms with Gasteiger partial charge in [0, 0.05) is 18.5 Å². The molecule has 1 spiro atoms. The van der Waals surface area contributed by atoms with Crippen LogP contribution in [0.4, 0.5) is 4.79 Å². The fourth-order valence-electron chi connectivity index (χ4n) is 4.57. The average molecular weight is 388 g/mol. The molecule has 0 radical (unpaired) electrons. The van der Waals surface area contributed by atoms with Crippen LogP contribution in [0.25, 0.3) is 0 Å². The maximum atomic E-state index is 12.7. The van der Waals surface area contributed by atoms with Gasteiger partial charge in [-0.1, -0.05) is 12.1 Å². The fourth-order valence-corrected chi connectivity index (χ4v) is 4.57. The number of likely N-dealkylation sites (tertiary alicyclic amines) is 1. The number of ether oxygens (including phenoxy) is 2. The van der Waals surface area contributed by atoms with Gasteiger partial charge in [-0.3, -0.25) is 4.79 Å². The van der Waals surface area contributed by atoms with Crippen LogP contribution in [0, 0.1) is 13.8 Å². The van der Waals surface area contributed by atoms with E-state index >= 15 is 0 Å². The molecule has 1 heterocycles. The highest BCUT2D eigenvalue weighted by Crippen LogP contribution is 2.52. The number of fused-ring (bicyclic) bond motifs is 2. The lowest BCUT2D eigenvalue weighted by molar-refractivity contribution is -0.145. The second-order valence-electron chi connectivity index (χ2n) is 9.28. The van der Waals surface area contributed by atoms with Crippen LogP contribution in [0.5, 0.6) is 0 Å². The number of carbonyl (C=O) groups excluding carboxylic acids is 2. The lowest BCUT2D eigenvalue weighted by Crippen LogP contribution is -2.46. The molecule has 1 saturated heterocycles. The molecule has 2 aliphatic rings. The molecular weight excluding hydrogens is 354 g/mol. The van der Waals surface area contributed by atoms with Gasteiger partial charge in [-0.15, -0.1) is 0 Å². The van der Waals surface area contributed by atoms with Crippen LogP contribution in [0.3, 0.4) is 0 Å². The summed E-state index contributed by atoms with van der Waals surface area (Å²) in [6.45, 7) is 13.4. The molecule has 28 heavy (non-hydrogen) atoms. The van der Waals surface area contributed by atoms with Gasteiger partial charge in [0.15, 0.2) is 0 Å². The van der Waals surface area contributed by atoms with Crippen molar-refractivity contribution < 1.29 is 19.1 Å². The summed E-state index contributed by atoms with van der Waals surface area (Å²) < 4.78 is 10.9. The van der Waals surface area contributed by atoms with Crippen molar-refractivity contribution in [2.75, 3.05) is 19.7 Å². The van der Waals surface area contributed by atoms with Gasteiger partial charge in [0.05, 0.1) is 12.5 Å². The van der Waals surface area contributed by atoms with Crippen LogP contribution >= 0.6 is 0 Å². The number of aryl methyl sites for hydroxylation is 2. The van der Waals surface area contributed by atoms with Gasteiger partial charge < -0.3 is 14.4 Å². The highest BCUT2D eigenvalue weighted by molar-refractivity contribution is 5.81. The molecule has 1 aliphatic carbocycles. The predicted octanol–water partition coefficient (Wildman–Crippen LogP) is 4.62. The van der Waals surface area contributed by atoms with Crippen molar-refractivity contribution in [1.29, 1.82) is 0 Å². The van der Waals surface area contributed by atoms with E-state index in [0.29, 0.717) is 19.7 Å². The Morgan fingerprint density at radius 2 is 1.75 bits per heavy atom. The minimum absolute atomic E-state index is 0.0657. The molecule has 0 aromatic heterocycles. The summed E-state index contributed by atoms with van der Waals surface area (Å²) in [5, 5.41) is 0. The first kappa shape index (κ1) is 20.7. The number of benzene rings is 1. The first-order valence-corrected chi connectivity index (χ1v) is 10.3. The molecule has 1 unspecified atom stereocenters. The van der Waals surface area contributed by atoms with Crippen molar-refractivity contribution in [2.45, 2.75) is 77.7 Å². The van der Waals surface area contributed by atoms with E-state index in [2.05, 4.69) is 26.0 Å². The number of nitrogens with zero attached hydrogens (tertiary/aromatic N) is 1. The summed E-state index contributed by atoms with van der Waals surface area (Å²) in [7, 11) is 0. The fraction of sp³-hybridized carbons (Fsp3) is 0.652. The molecule has 5 heteroatoms. The average Bonchev–Trinajstić information content (AvgIpc) is 2.88. The Balaban J connectivity index is 1.85. The Hall–Kier alpha value is -2.04. The summed E-state index contributed by atoms with van der Waals surface area (Å²) in [6.07, 6.45) is 2.21. The Bertz CT molecular complexity index is 770. The van der Waals surface area contributed by atoms with Gasteiger partial charge in [-0.05, 0) is 83.1 Å². The molecule has 1 amide bonds. The van der Waals surface area contributed by atoms with Gasteiger partial charge in [0.2, 0.25) is 0 Å². The van der Waals surface area contributed by atoms with E-state index < -0.39 is 5.60 Å². The Kier molecular flexibility index (Phi) is 5.48. The van der Waals surface area contributed by atoms with E-state index in [0.717, 1.165) is 24.8 Å². The quantitative estimate of drug-likeness (QED) is 0.695.